The minimum Gasteiger partial charge on any atom is -0.384 e. The number of methoxy groups -OCH3 is 1. The molecule has 2 aliphatic rings. The lowest BCUT2D eigenvalue weighted by molar-refractivity contribution is 0.127. The fraction of sp³-hybridized carbons (Fsp3) is 0.500. The van der Waals surface area contributed by atoms with E-state index in [4.69, 9.17) is 9.72 Å². The summed E-state index contributed by atoms with van der Waals surface area (Å²) in [5.41, 5.74) is 10.4. The van der Waals surface area contributed by atoms with Gasteiger partial charge in [-0.1, -0.05) is 13.0 Å². The molecule has 2 aliphatic heterocycles. The molecule has 4 rings (SSSR count). The van der Waals surface area contributed by atoms with E-state index in [1.165, 1.54) is 36.7 Å². The predicted molar refractivity (Wildman–Crippen MR) is 156 cm³/mol. The van der Waals surface area contributed by atoms with Gasteiger partial charge in [0.1, 0.15) is 5.82 Å². The average Bonchev–Trinajstić information content (AvgIpc) is 3.52. The first-order valence-electron chi connectivity index (χ1n) is 12.8. The predicted octanol–water partition coefficient (Wildman–Crippen LogP) is 4.27. The molecule has 0 bridgehead atoms. The smallest absolute Gasteiger partial charge is 0.129 e. The maximum Gasteiger partial charge on any atom is 0.129 e. The van der Waals surface area contributed by atoms with E-state index >= 15 is 0 Å². The molecule has 2 fully saturated rings. The van der Waals surface area contributed by atoms with E-state index in [0.29, 0.717) is 6.61 Å². The molecule has 1 aromatic carbocycles. The summed E-state index contributed by atoms with van der Waals surface area (Å²) < 4.78 is 5.58. The van der Waals surface area contributed by atoms with E-state index < -0.39 is 0 Å². The molecule has 0 amide bonds. The van der Waals surface area contributed by atoms with Crippen LogP contribution in [0.3, 0.4) is 0 Å². The van der Waals surface area contributed by atoms with Gasteiger partial charge in [-0.15, -0.1) is 0 Å². The first kappa shape index (κ1) is 27.6. The highest BCUT2D eigenvalue weighted by atomic mass is 16.5. The molecule has 3 heterocycles. The monoisotopic (exact) mass is 497 g/mol. The number of rotatable bonds is 9. The highest BCUT2D eigenvalue weighted by Gasteiger charge is 2.39. The van der Waals surface area contributed by atoms with Gasteiger partial charge in [0, 0.05) is 65.7 Å². The van der Waals surface area contributed by atoms with Crippen molar-refractivity contribution in [1.29, 1.82) is 0 Å². The Hall–Kier alpha value is -2.94. The Balaban J connectivity index is 0.00000176. The van der Waals surface area contributed by atoms with Gasteiger partial charge in [0.2, 0.25) is 0 Å². The van der Waals surface area contributed by atoms with Gasteiger partial charge in [-0.3, -0.25) is 0 Å². The Kier molecular flexibility index (Phi) is 10.3. The summed E-state index contributed by atoms with van der Waals surface area (Å²) in [6, 6.07) is 12.8. The Morgan fingerprint density at radius 2 is 1.97 bits per heavy atom. The first-order chi connectivity index (χ1) is 17.5. The van der Waals surface area contributed by atoms with Crippen molar-refractivity contribution in [1.82, 2.24) is 10.3 Å². The Labute approximate surface area is 219 Å². The zero-order chi connectivity index (χ0) is 26.0. The lowest BCUT2D eigenvalue weighted by Crippen LogP contribution is -2.29. The van der Waals surface area contributed by atoms with E-state index in [1.54, 1.807) is 13.4 Å². The third-order valence-electron chi connectivity index (χ3n) is 6.79. The summed E-state index contributed by atoms with van der Waals surface area (Å²) in [6.07, 6.45) is 6.34. The lowest BCUT2D eigenvalue weighted by atomic mass is 9.86. The van der Waals surface area contributed by atoms with Crippen LogP contribution in [0, 0.1) is 12.3 Å². The second-order valence-electron chi connectivity index (χ2n) is 9.64. The summed E-state index contributed by atoms with van der Waals surface area (Å²) in [4.78, 5) is 14.2. The van der Waals surface area contributed by atoms with Crippen LogP contribution in [-0.2, 0) is 11.3 Å². The van der Waals surface area contributed by atoms with Crippen molar-refractivity contribution in [3.63, 3.8) is 0 Å². The number of nitrogens with one attached hydrogen (secondary N) is 2. The molecule has 2 saturated heterocycles. The number of ether oxygens (including phenoxy) is 1. The van der Waals surface area contributed by atoms with Gasteiger partial charge in [0.25, 0.3) is 0 Å². The molecule has 0 spiro atoms. The lowest BCUT2D eigenvalue weighted by Gasteiger charge is -2.25. The zero-order valence-corrected chi connectivity index (χ0v) is 22.6. The number of aryl methyl sites for hydroxylation is 1. The molecule has 8 nitrogen and oxygen atoms in total. The van der Waals surface area contributed by atoms with Gasteiger partial charge in [-0.25, -0.2) is 9.98 Å². The second-order valence-corrected chi connectivity index (χ2v) is 9.64. The van der Waals surface area contributed by atoms with Crippen LogP contribution in [0.15, 0.2) is 53.2 Å². The van der Waals surface area contributed by atoms with Crippen LogP contribution in [-0.4, -0.2) is 65.3 Å². The molecule has 36 heavy (non-hydrogen) atoms. The number of aliphatic imine (C=N–C) groups is 1. The standard InChI is InChI=1S/C27H38N6O.CH5N.2H2/c1-21-14-23(10-11-25(21)32-12-5-6-13-32)30-20-29-15-22-17-33(18-27(22,2)19-34-4)26-9-7-8-24(31-26)16-28-3;1-2;;/h7-11,14-15,20,28H,5-6,12-13,16-19H2,1-4H3,(H,29,30);2H2,1H3;2*1H/b22-15+;;;/t27-;;;/m0.../s1. The van der Waals surface area contributed by atoms with Gasteiger partial charge in [0.05, 0.1) is 18.6 Å². The van der Waals surface area contributed by atoms with E-state index in [-0.39, 0.29) is 8.27 Å². The van der Waals surface area contributed by atoms with Crippen molar-refractivity contribution >= 4 is 23.5 Å². The van der Waals surface area contributed by atoms with Crippen molar-refractivity contribution in [2.24, 2.45) is 16.1 Å². The largest absolute Gasteiger partial charge is 0.384 e. The van der Waals surface area contributed by atoms with Crippen LogP contribution >= 0.6 is 0 Å². The minimum atomic E-state index is -0.110. The fourth-order valence-corrected chi connectivity index (χ4v) is 5.01. The molecule has 1 atom stereocenters. The van der Waals surface area contributed by atoms with Crippen molar-refractivity contribution in [3.8, 4) is 0 Å². The maximum atomic E-state index is 5.58. The number of benzene rings is 1. The topological polar surface area (TPSA) is 91.0 Å². The maximum absolute atomic E-state index is 5.58. The molecule has 2 aromatic rings. The van der Waals surface area contributed by atoms with E-state index in [2.05, 4.69) is 81.4 Å². The molecular formula is C28H47N7O. The van der Waals surface area contributed by atoms with Crippen molar-refractivity contribution in [2.45, 2.75) is 33.2 Å². The number of pyridine rings is 1. The Morgan fingerprint density at radius 1 is 1.19 bits per heavy atom. The molecule has 0 radical (unpaired) electrons. The highest BCUT2D eigenvalue weighted by molar-refractivity contribution is 5.77. The third kappa shape index (κ3) is 6.84. The SMILES string of the molecule is CN.CNCc1cccc(N2C/C(=C\N=CNc3ccc(N4CCCC4)c(C)c3)[C@](C)(COC)C2)n1.[HH].[HH]. The van der Waals surface area contributed by atoms with Gasteiger partial charge in [-0.2, -0.15) is 0 Å². The van der Waals surface area contributed by atoms with Crippen molar-refractivity contribution in [2.75, 3.05) is 69.1 Å². The molecule has 8 heteroatoms. The molecular weight excluding hydrogens is 450 g/mol. The van der Waals surface area contributed by atoms with Gasteiger partial charge < -0.3 is 30.9 Å². The molecule has 0 saturated carbocycles. The molecule has 0 aliphatic carbocycles. The van der Waals surface area contributed by atoms with E-state index in [0.717, 1.165) is 49.9 Å². The average molecular weight is 498 g/mol. The Bertz CT molecular complexity index is 1040. The normalized spacial score (nSPS) is 20.8. The highest BCUT2D eigenvalue weighted by Crippen LogP contribution is 2.37. The van der Waals surface area contributed by atoms with Crippen LogP contribution in [0.4, 0.5) is 17.2 Å². The summed E-state index contributed by atoms with van der Waals surface area (Å²) >= 11 is 0. The van der Waals surface area contributed by atoms with Gasteiger partial charge >= 0.3 is 0 Å². The fourth-order valence-electron chi connectivity index (χ4n) is 5.01. The number of hydrogen-bond acceptors (Lipinski definition) is 7. The number of nitrogens with two attached hydrogens (primary N) is 1. The quantitative estimate of drug-likeness (QED) is 0.352. The van der Waals surface area contributed by atoms with Crippen LogP contribution < -0.4 is 26.2 Å². The third-order valence-corrected chi connectivity index (χ3v) is 6.79. The van der Waals surface area contributed by atoms with Crippen molar-refractivity contribution in [3.05, 3.63) is 59.4 Å². The zero-order valence-electron chi connectivity index (χ0n) is 22.6. The molecule has 0 unspecified atom stereocenters. The second kappa shape index (κ2) is 13.4. The van der Waals surface area contributed by atoms with Crippen molar-refractivity contribution < 1.29 is 7.59 Å². The summed E-state index contributed by atoms with van der Waals surface area (Å²) in [6.45, 7) is 9.79. The minimum absolute atomic E-state index is 0. The van der Waals surface area contributed by atoms with E-state index in [1.807, 2.05) is 13.2 Å². The number of anilines is 3. The number of nitrogens with zero attached hydrogens (tertiary/aromatic N) is 4. The van der Waals surface area contributed by atoms with Crippen LogP contribution in [0.2, 0.25) is 0 Å². The summed E-state index contributed by atoms with van der Waals surface area (Å²) in [5.74, 6) is 0.995. The Morgan fingerprint density at radius 3 is 2.67 bits per heavy atom. The van der Waals surface area contributed by atoms with Crippen LogP contribution in [0.1, 0.15) is 33.9 Å². The van der Waals surface area contributed by atoms with Gasteiger partial charge in [0.15, 0.2) is 0 Å². The summed E-state index contributed by atoms with van der Waals surface area (Å²) in [7, 11) is 5.20. The number of aromatic nitrogens is 1. The molecule has 4 N–H and O–H groups in total. The number of hydrogen-bond donors (Lipinski definition) is 3. The summed E-state index contributed by atoms with van der Waals surface area (Å²) in [5, 5.41) is 6.51. The van der Waals surface area contributed by atoms with Crippen LogP contribution in [0.25, 0.3) is 0 Å². The molecule has 200 valence electrons. The first-order valence-corrected chi connectivity index (χ1v) is 12.8. The molecule has 1 aromatic heterocycles. The van der Waals surface area contributed by atoms with Crippen LogP contribution in [0.5, 0.6) is 0 Å². The van der Waals surface area contributed by atoms with Gasteiger partial charge in [-0.05, 0) is 75.3 Å². The van der Waals surface area contributed by atoms with E-state index in [9.17, 15) is 0 Å².